The zero-order valence-electron chi connectivity index (χ0n) is 55.0. The Labute approximate surface area is 597 Å². The normalized spacial score (nSPS) is 11.5. The number of thiophene rings is 2. The van der Waals surface area contributed by atoms with Crippen molar-refractivity contribution < 1.29 is 0 Å². The Morgan fingerprint density at radius 1 is 0.157 bits per heavy atom. The standard InChI is InChI=1S/C94H58N6S2/c1-4-20-59(21-5-1)68-26-14-29-71(56-68)72-30-15-27-69(57-72)60-42-48-66(49-43-60)91-96-92(99-93(98-91)82-38-17-36-80-79-34-12-13-40-84(79)101-87(80)82)67-52-46-63(47-53-67)76-35-19-41-85-86(76)81-37-18-39-83(88(81)102-85)94-97-89(64-24-8-3-9-25-64)95-90(100-94)65-50-44-61(45-51-65)70-28-16-31-73(58-70)75-55-54-74(62-22-6-2-7-23-62)77-32-10-11-33-78(75)77/h1-58H. The molecular formula is C94H58N6S2. The topological polar surface area (TPSA) is 77.3 Å². The average Bonchev–Trinajstić information content (AvgIpc) is 1.56. The van der Waals surface area contributed by atoms with Gasteiger partial charge in [0.15, 0.2) is 34.9 Å². The van der Waals surface area contributed by atoms with Crippen LogP contribution >= 0.6 is 22.7 Å². The van der Waals surface area contributed by atoms with Crippen molar-refractivity contribution in [2.24, 2.45) is 0 Å². The first-order valence-corrected chi connectivity index (χ1v) is 35.8. The van der Waals surface area contributed by atoms with E-state index in [4.69, 9.17) is 29.9 Å². The fourth-order valence-electron chi connectivity index (χ4n) is 14.4. The molecule has 19 rings (SSSR count). The summed E-state index contributed by atoms with van der Waals surface area (Å²) in [6.07, 6.45) is 0. The highest BCUT2D eigenvalue weighted by Crippen LogP contribution is 2.46. The lowest BCUT2D eigenvalue weighted by molar-refractivity contribution is 1.08. The minimum Gasteiger partial charge on any atom is -0.208 e. The van der Waals surface area contributed by atoms with Crippen LogP contribution < -0.4 is 0 Å². The molecule has 0 spiro atoms. The molecule has 0 saturated heterocycles. The number of nitrogens with zero attached hydrogens (tertiary/aromatic N) is 6. The van der Waals surface area contributed by atoms with Crippen molar-refractivity contribution in [1.82, 2.24) is 29.9 Å². The molecular weight excluding hydrogens is 1280 g/mol. The largest absolute Gasteiger partial charge is 0.208 e. The Balaban J connectivity index is 0.652. The number of aromatic nitrogens is 6. The summed E-state index contributed by atoms with van der Waals surface area (Å²) in [5.41, 5.74) is 21.7. The van der Waals surface area contributed by atoms with E-state index in [2.05, 4.69) is 334 Å². The van der Waals surface area contributed by atoms with Crippen LogP contribution in [-0.2, 0) is 0 Å². The van der Waals surface area contributed by atoms with Crippen molar-refractivity contribution in [3.05, 3.63) is 352 Å². The van der Waals surface area contributed by atoms with Crippen LogP contribution in [0.5, 0.6) is 0 Å². The van der Waals surface area contributed by atoms with E-state index in [9.17, 15) is 0 Å². The summed E-state index contributed by atoms with van der Waals surface area (Å²) < 4.78 is 4.65. The van der Waals surface area contributed by atoms with Gasteiger partial charge >= 0.3 is 0 Å². The molecule has 0 radical (unpaired) electrons. The minimum atomic E-state index is 0.598. The van der Waals surface area contributed by atoms with Gasteiger partial charge in [0.1, 0.15) is 0 Å². The fraction of sp³-hybridized carbons (Fsp3) is 0. The van der Waals surface area contributed by atoms with Crippen molar-refractivity contribution in [3.63, 3.8) is 0 Å². The highest BCUT2D eigenvalue weighted by atomic mass is 32.1. The first-order valence-electron chi connectivity index (χ1n) is 34.2. The summed E-state index contributed by atoms with van der Waals surface area (Å²) in [4.78, 5) is 31.7. The third-order valence-corrected chi connectivity index (χ3v) is 21.9. The van der Waals surface area contributed by atoms with Gasteiger partial charge in [-0.05, 0) is 131 Å². The lowest BCUT2D eigenvalue weighted by Gasteiger charge is -2.13. The maximum Gasteiger partial charge on any atom is 0.165 e. The second-order valence-corrected chi connectivity index (χ2v) is 27.7. The summed E-state index contributed by atoms with van der Waals surface area (Å²) in [5, 5.41) is 7.18. The van der Waals surface area contributed by atoms with Gasteiger partial charge in [-0.15, -0.1) is 22.7 Å². The Morgan fingerprint density at radius 2 is 0.451 bits per heavy atom. The highest BCUT2D eigenvalue weighted by molar-refractivity contribution is 7.26. The summed E-state index contributed by atoms with van der Waals surface area (Å²) in [6.45, 7) is 0. The zero-order chi connectivity index (χ0) is 67.5. The maximum absolute atomic E-state index is 5.34. The van der Waals surface area contributed by atoms with Crippen LogP contribution in [0.15, 0.2) is 352 Å². The Morgan fingerprint density at radius 3 is 0.980 bits per heavy atom. The van der Waals surface area contributed by atoms with Crippen LogP contribution in [0, 0.1) is 0 Å². The molecule has 0 aliphatic rings. The summed E-state index contributed by atoms with van der Waals surface area (Å²) in [5.74, 6) is 3.67. The van der Waals surface area contributed by atoms with E-state index >= 15 is 0 Å². The van der Waals surface area contributed by atoms with Gasteiger partial charge in [0.25, 0.3) is 0 Å². The van der Waals surface area contributed by atoms with Crippen molar-refractivity contribution in [3.8, 4) is 146 Å². The van der Waals surface area contributed by atoms with E-state index in [0.717, 1.165) is 87.1 Å². The van der Waals surface area contributed by atoms with Crippen LogP contribution in [-0.4, -0.2) is 29.9 Å². The van der Waals surface area contributed by atoms with E-state index in [1.807, 2.05) is 18.2 Å². The van der Waals surface area contributed by atoms with E-state index in [0.29, 0.717) is 34.9 Å². The molecule has 4 aromatic heterocycles. The van der Waals surface area contributed by atoms with Gasteiger partial charge < -0.3 is 0 Å². The molecule has 19 aromatic rings. The predicted octanol–water partition coefficient (Wildman–Crippen LogP) is 25.6. The number of rotatable bonds is 13. The van der Waals surface area contributed by atoms with Crippen LogP contribution in [0.3, 0.4) is 0 Å². The molecule has 102 heavy (non-hydrogen) atoms. The molecule has 8 heteroatoms. The van der Waals surface area contributed by atoms with E-state index in [1.54, 1.807) is 22.7 Å². The number of hydrogen-bond acceptors (Lipinski definition) is 8. The molecule has 15 aromatic carbocycles. The first-order chi connectivity index (χ1) is 50.5. The lowest BCUT2D eigenvalue weighted by atomic mass is 9.91. The summed E-state index contributed by atoms with van der Waals surface area (Å²) in [7, 11) is 0. The Hall–Kier alpha value is -13.0. The summed E-state index contributed by atoms with van der Waals surface area (Å²) >= 11 is 3.54. The van der Waals surface area contributed by atoms with Crippen molar-refractivity contribution in [1.29, 1.82) is 0 Å². The number of fused-ring (bicyclic) bond motifs is 7. The molecule has 0 amide bonds. The van der Waals surface area contributed by atoms with Crippen LogP contribution in [0.4, 0.5) is 0 Å². The fourth-order valence-corrected chi connectivity index (χ4v) is 16.8. The van der Waals surface area contributed by atoms with E-state index in [1.165, 1.54) is 75.3 Å². The predicted molar refractivity (Wildman–Crippen MR) is 427 cm³/mol. The molecule has 0 aliphatic heterocycles. The lowest BCUT2D eigenvalue weighted by Crippen LogP contribution is -2.00. The molecule has 0 bridgehead atoms. The van der Waals surface area contributed by atoms with Crippen LogP contribution in [0.2, 0.25) is 0 Å². The Bertz CT molecular complexity index is 6410. The number of benzene rings is 15. The van der Waals surface area contributed by atoms with Gasteiger partial charge in [-0.1, -0.05) is 309 Å². The molecule has 0 N–H and O–H groups in total. The van der Waals surface area contributed by atoms with Gasteiger partial charge in [0.05, 0.1) is 0 Å². The molecule has 4 heterocycles. The maximum atomic E-state index is 5.34. The van der Waals surface area contributed by atoms with Crippen molar-refractivity contribution in [2.75, 3.05) is 0 Å². The van der Waals surface area contributed by atoms with Gasteiger partial charge in [0.2, 0.25) is 0 Å². The molecule has 0 atom stereocenters. The third kappa shape index (κ3) is 11.2. The zero-order valence-corrected chi connectivity index (χ0v) is 56.6. The quantitative estimate of drug-likeness (QED) is 0.114. The number of hydrogen-bond donors (Lipinski definition) is 0. The second-order valence-electron chi connectivity index (χ2n) is 25.6. The van der Waals surface area contributed by atoms with Crippen molar-refractivity contribution in [2.45, 2.75) is 0 Å². The van der Waals surface area contributed by atoms with Gasteiger partial charge in [-0.3, -0.25) is 0 Å². The molecule has 476 valence electrons. The molecule has 0 unspecified atom stereocenters. The van der Waals surface area contributed by atoms with Gasteiger partial charge in [0, 0.05) is 73.7 Å². The first kappa shape index (κ1) is 60.2. The minimum absolute atomic E-state index is 0.598. The van der Waals surface area contributed by atoms with E-state index < -0.39 is 0 Å². The third-order valence-electron chi connectivity index (χ3n) is 19.5. The SMILES string of the molecule is c1ccc(-c2cccc(-c3cccc(-c4ccc(-c5nc(-c6ccc(-c7cccc8sc9c(-c%10nc(-c%11ccccc%11)nc(-c%11ccc(-c%12cccc(-c%13ccc(-c%14ccccc%14)c%14ccccc%13%14)c%12)cc%11)n%10)cccc9c78)cc6)nc(-c6cccc7c6sc6ccccc67)n5)cc4)c3)c2)cc1. The van der Waals surface area contributed by atoms with Gasteiger partial charge in [-0.2, -0.15) is 0 Å². The van der Waals surface area contributed by atoms with Gasteiger partial charge in [-0.25, -0.2) is 29.9 Å². The second kappa shape index (κ2) is 25.7. The molecule has 0 fully saturated rings. The van der Waals surface area contributed by atoms with Crippen molar-refractivity contribution >= 4 is 73.8 Å². The van der Waals surface area contributed by atoms with E-state index in [-0.39, 0.29) is 0 Å². The molecule has 0 saturated carbocycles. The average molecular weight is 1340 g/mol. The smallest absolute Gasteiger partial charge is 0.165 e. The Kier molecular flexibility index (Phi) is 15.2. The molecule has 6 nitrogen and oxygen atoms in total. The summed E-state index contributed by atoms with van der Waals surface area (Å²) in [6, 6.07) is 125. The molecule has 0 aliphatic carbocycles. The highest BCUT2D eigenvalue weighted by Gasteiger charge is 2.22. The monoisotopic (exact) mass is 1330 g/mol. The van der Waals surface area contributed by atoms with Crippen LogP contribution in [0.1, 0.15) is 0 Å². The van der Waals surface area contributed by atoms with Crippen LogP contribution in [0.25, 0.3) is 197 Å².